The number of benzene rings is 1. The minimum Gasteiger partial charge on any atom is -0.300 e. The number of carbonyl (C=O) groups excluding carboxylic acids is 3. The SMILES string of the molecule is Cc1cnc(CCC(=O)CC2CC(=O)C(c3c(C)cc(-c4ncc(Cl)cc4F)cc3C)C2=O)s1. The lowest BCUT2D eigenvalue weighted by atomic mass is 9.85. The molecule has 1 aromatic carbocycles. The molecule has 0 spiro atoms. The first-order chi connectivity index (χ1) is 16.1. The van der Waals surface area contributed by atoms with Gasteiger partial charge in [0.1, 0.15) is 23.2 Å². The molecule has 5 nitrogen and oxygen atoms in total. The lowest BCUT2D eigenvalue weighted by molar-refractivity contribution is -0.127. The van der Waals surface area contributed by atoms with Crippen LogP contribution in [0.5, 0.6) is 0 Å². The normalized spacial score (nSPS) is 18.0. The number of halogens is 2. The molecule has 8 heteroatoms. The summed E-state index contributed by atoms with van der Waals surface area (Å²) in [7, 11) is 0. The maximum Gasteiger partial charge on any atom is 0.151 e. The molecule has 0 radical (unpaired) electrons. The highest BCUT2D eigenvalue weighted by molar-refractivity contribution is 7.11. The van der Waals surface area contributed by atoms with Crippen molar-refractivity contribution in [3.8, 4) is 11.3 Å². The number of pyridine rings is 1. The first-order valence-corrected chi connectivity index (χ1v) is 12.3. The van der Waals surface area contributed by atoms with Crippen LogP contribution in [0.3, 0.4) is 0 Å². The minimum atomic E-state index is -0.892. The topological polar surface area (TPSA) is 77.0 Å². The van der Waals surface area contributed by atoms with Crippen molar-refractivity contribution in [2.45, 2.75) is 52.4 Å². The fraction of sp³-hybridized carbons (Fsp3) is 0.346. The zero-order valence-electron chi connectivity index (χ0n) is 19.2. The fourth-order valence-corrected chi connectivity index (χ4v) is 5.60. The smallest absolute Gasteiger partial charge is 0.151 e. The molecule has 2 aromatic heterocycles. The Hall–Kier alpha value is -2.77. The Balaban J connectivity index is 1.51. The zero-order chi connectivity index (χ0) is 24.6. The van der Waals surface area contributed by atoms with Crippen molar-refractivity contribution in [1.29, 1.82) is 0 Å². The summed E-state index contributed by atoms with van der Waals surface area (Å²) in [6.07, 6.45) is 4.15. The third-order valence-corrected chi connectivity index (χ3v) is 7.36. The molecule has 1 aliphatic rings. The Morgan fingerprint density at radius 1 is 1.12 bits per heavy atom. The van der Waals surface area contributed by atoms with E-state index in [1.165, 1.54) is 12.3 Å². The number of hydrogen-bond acceptors (Lipinski definition) is 6. The Morgan fingerprint density at radius 3 is 2.44 bits per heavy atom. The molecule has 0 saturated heterocycles. The third kappa shape index (κ3) is 5.00. The van der Waals surface area contributed by atoms with Crippen LogP contribution in [0.1, 0.15) is 51.8 Å². The van der Waals surface area contributed by atoms with Gasteiger partial charge >= 0.3 is 0 Å². The van der Waals surface area contributed by atoms with Gasteiger partial charge in [-0.05, 0) is 55.7 Å². The van der Waals surface area contributed by atoms with E-state index in [0.717, 1.165) is 9.88 Å². The first-order valence-electron chi connectivity index (χ1n) is 11.1. The van der Waals surface area contributed by atoms with Crippen molar-refractivity contribution < 1.29 is 18.8 Å². The van der Waals surface area contributed by atoms with Crippen molar-refractivity contribution in [3.05, 3.63) is 68.0 Å². The van der Waals surface area contributed by atoms with Crippen molar-refractivity contribution >= 4 is 40.3 Å². The van der Waals surface area contributed by atoms with Crippen molar-refractivity contribution in [2.75, 3.05) is 0 Å². The van der Waals surface area contributed by atoms with Crippen LogP contribution in [0.25, 0.3) is 11.3 Å². The van der Waals surface area contributed by atoms with Crippen LogP contribution in [-0.2, 0) is 20.8 Å². The Labute approximate surface area is 206 Å². The fourth-order valence-electron chi connectivity index (χ4n) is 4.67. The van der Waals surface area contributed by atoms with Gasteiger partial charge < -0.3 is 0 Å². The highest BCUT2D eigenvalue weighted by Crippen LogP contribution is 2.39. The maximum atomic E-state index is 14.4. The molecule has 3 aromatic rings. The predicted octanol–water partition coefficient (Wildman–Crippen LogP) is 5.76. The van der Waals surface area contributed by atoms with E-state index in [0.29, 0.717) is 35.1 Å². The second-order valence-electron chi connectivity index (χ2n) is 8.82. The van der Waals surface area contributed by atoms with Gasteiger partial charge in [-0.3, -0.25) is 19.4 Å². The summed E-state index contributed by atoms with van der Waals surface area (Å²) in [6.45, 7) is 5.56. The number of carbonyl (C=O) groups is 3. The van der Waals surface area contributed by atoms with Gasteiger partial charge in [-0.2, -0.15) is 0 Å². The van der Waals surface area contributed by atoms with E-state index >= 15 is 0 Å². The highest BCUT2D eigenvalue weighted by Gasteiger charge is 2.43. The van der Waals surface area contributed by atoms with Gasteiger partial charge in [0.05, 0.1) is 10.0 Å². The average molecular weight is 499 g/mol. The van der Waals surface area contributed by atoms with Crippen LogP contribution in [0.2, 0.25) is 5.02 Å². The number of aromatic nitrogens is 2. The Bertz CT molecular complexity index is 1280. The second-order valence-corrected chi connectivity index (χ2v) is 10.6. The molecule has 1 aliphatic carbocycles. The minimum absolute atomic E-state index is 0.0345. The molecule has 2 atom stereocenters. The molecule has 1 fully saturated rings. The molecule has 0 amide bonds. The summed E-state index contributed by atoms with van der Waals surface area (Å²) >= 11 is 7.36. The van der Waals surface area contributed by atoms with Crippen LogP contribution in [-0.4, -0.2) is 27.3 Å². The van der Waals surface area contributed by atoms with Crippen molar-refractivity contribution in [1.82, 2.24) is 9.97 Å². The van der Waals surface area contributed by atoms with E-state index in [-0.39, 0.29) is 40.9 Å². The lowest BCUT2D eigenvalue weighted by Gasteiger charge is -2.17. The largest absolute Gasteiger partial charge is 0.300 e. The molecule has 0 bridgehead atoms. The number of nitrogens with zero attached hydrogens (tertiary/aromatic N) is 2. The van der Waals surface area contributed by atoms with E-state index in [1.54, 1.807) is 43.5 Å². The highest BCUT2D eigenvalue weighted by atomic mass is 35.5. The summed E-state index contributed by atoms with van der Waals surface area (Å²) in [5.74, 6) is -2.45. The first kappa shape index (κ1) is 24.4. The monoisotopic (exact) mass is 498 g/mol. The quantitative estimate of drug-likeness (QED) is 0.387. The van der Waals surface area contributed by atoms with E-state index < -0.39 is 17.7 Å². The van der Waals surface area contributed by atoms with Gasteiger partial charge in [0.15, 0.2) is 11.6 Å². The van der Waals surface area contributed by atoms with Crippen LogP contribution in [0.4, 0.5) is 4.39 Å². The summed E-state index contributed by atoms with van der Waals surface area (Å²) in [4.78, 5) is 48.1. The maximum absolute atomic E-state index is 14.4. The Morgan fingerprint density at radius 2 is 1.82 bits per heavy atom. The molecule has 176 valence electrons. The molecular weight excluding hydrogens is 475 g/mol. The number of Topliss-reactive ketones (excluding diaryl/α,β-unsaturated/α-hetero) is 3. The molecule has 2 unspecified atom stereocenters. The van der Waals surface area contributed by atoms with Gasteiger partial charge in [0, 0.05) is 54.4 Å². The van der Waals surface area contributed by atoms with Gasteiger partial charge in [-0.15, -0.1) is 11.3 Å². The molecule has 4 rings (SSSR count). The van der Waals surface area contributed by atoms with Crippen molar-refractivity contribution in [2.24, 2.45) is 5.92 Å². The van der Waals surface area contributed by atoms with Crippen molar-refractivity contribution in [3.63, 3.8) is 0 Å². The van der Waals surface area contributed by atoms with E-state index in [4.69, 9.17) is 11.6 Å². The van der Waals surface area contributed by atoms with Gasteiger partial charge in [-0.1, -0.05) is 11.6 Å². The zero-order valence-corrected chi connectivity index (χ0v) is 20.7. The average Bonchev–Trinajstić information content (AvgIpc) is 3.29. The van der Waals surface area contributed by atoms with Crippen LogP contribution < -0.4 is 0 Å². The summed E-state index contributed by atoms with van der Waals surface area (Å²) in [6, 6.07) is 4.66. The van der Waals surface area contributed by atoms with Crippen LogP contribution in [0.15, 0.2) is 30.6 Å². The standard InChI is InChI=1S/C26H24ClFN2O3S/c1-13-6-16(25-20(28)10-18(27)12-30-25)7-14(2)23(13)24-21(32)9-17(26(24)33)8-19(31)4-5-22-29-11-15(3)34-22/h6-7,10-12,17,24H,4-5,8-9H2,1-3H3. The number of thiazole rings is 1. The van der Waals surface area contributed by atoms with Crippen LogP contribution >= 0.6 is 22.9 Å². The molecular formula is C26H24ClFN2O3S. The molecule has 1 saturated carbocycles. The van der Waals surface area contributed by atoms with Crippen LogP contribution in [0, 0.1) is 32.5 Å². The van der Waals surface area contributed by atoms with E-state index in [2.05, 4.69) is 9.97 Å². The van der Waals surface area contributed by atoms with Gasteiger partial charge in [0.25, 0.3) is 0 Å². The molecule has 34 heavy (non-hydrogen) atoms. The second kappa shape index (κ2) is 9.84. The van der Waals surface area contributed by atoms with E-state index in [1.807, 2.05) is 6.92 Å². The predicted molar refractivity (Wildman–Crippen MR) is 130 cm³/mol. The van der Waals surface area contributed by atoms with Gasteiger partial charge in [-0.25, -0.2) is 9.37 Å². The summed E-state index contributed by atoms with van der Waals surface area (Å²) in [5.41, 5.74) is 2.77. The molecule has 0 N–H and O–H groups in total. The van der Waals surface area contributed by atoms with Gasteiger partial charge in [0.2, 0.25) is 0 Å². The molecule has 2 heterocycles. The lowest BCUT2D eigenvalue weighted by Crippen LogP contribution is -2.19. The number of ketones is 3. The number of hydrogen-bond donors (Lipinski definition) is 0. The Kier molecular flexibility index (Phi) is 7.05. The molecule has 0 aliphatic heterocycles. The summed E-state index contributed by atoms with van der Waals surface area (Å²) in [5, 5.41) is 1.10. The number of aryl methyl sites for hydroxylation is 4. The third-order valence-electron chi connectivity index (χ3n) is 6.18. The summed E-state index contributed by atoms with van der Waals surface area (Å²) < 4.78 is 14.4. The number of rotatable bonds is 7. The van der Waals surface area contributed by atoms with E-state index in [9.17, 15) is 18.8 Å².